The Kier molecular flexibility index (Phi) is 7.47. The molecule has 0 aliphatic carbocycles. The van der Waals surface area contributed by atoms with Gasteiger partial charge in [-0.3, -0.25) is 0 Å². The Morgan fingerprint density at radius 3 is 2.18 bits per heavy atom. The Hall–Kier alpha value is -3.51. The summed E-state index contributed by atoms with van der Waals surface area (Å²) in [6, 6.07) is 28.2. The van der Waals surface area contributed by atoms with Crippen LogP contribution in [-0.2, 0) is 6.54 Å². The summed E-state index contributed by atoms with van der Waals surface area (Å²) in [6.45, 7) is 5.52. The van der Waals surface area contributed by atoms with Crippen molar-refractivity contribution in [2.45, 2.75) is 25.5 Å². The third kappa shape index (κ3) is 5.65. The number of imidazole rings is 1. The molecule has 1 aromatic heterocycles. The van der Waals surface area contributed by atoms with Crippen LogP contribution in [0.25, 0.3) is 22.5 Å². The normalized spacial score (nSPS) is 10.7. The van der Waals surface area contributed by atoms with Crippen LogP contribution >= 0.6 is 11.8 Å². The van der Waals surface area contributed by atoms with Crippen molar-refractivity contribution >= 4 is 23.5 Å². The molecule has 0 atom stereocenters. The third-order valence-electron chi connectivity index (χ3n) is 5.27. The highest BCUT2D eigenvalue weighted by atomic mass is 32.2. The monoisotopic (exact) mass is 456 g/mol. The van der Waals surface area contributed by atoms with Crippen LogP contribution < -0.4 is 10.6 Å². The van der Waals surface area contributed by atoms with E-state index in [1.165, 1.54) is 0 Å². The number of anilines is 1. The van der Waals surface area contributed by atoms with Gasteiger partial charge >= 0.3 is 6.03 Å². The molecule has 5 nitrogen and oxygen atoms in total. The highest BCUT2D eigenvalue weighted by Crippen LogP contribution is 2.35. The quantitative estimate of drug-likeness (QED) is 0.236. The maximum atomic E-state index is 12.2. The van der Waals surface area contributed by atoms with Gasteiger partial charge in [0.2, 0.25) is 0 Å². The first kappa shape index (κ1) is 22.7. The van der Waals surface area contributed by atoms with E-state index in [1.54, 1.807) is 11.8 Å². The lowest BCUT2D eigenvalue weighted by atomic mass is 10.0. The molecule has 0 fully saturated rings. The summed E-state index contributed by atoms with van der Waals surface area (Å²) in [4.78, 5) is 17.2. The predicted octanol–water partition coefficient (Wildman–Crippen LogP) is 6.46. The van der Waals surface area contributed by atoms with E-state index in [-0.39, 0.29) is 6.03 Å². The van der Waals surface area contributed by atoms with Gasteiger partial charge in [-0.1, -0.05) is 90.1 Å². The molecule has 1 heterocycles. The Morgan fingerprint density at radius 2 is 1.55 bits per heavy atom. The SMILES string of the molecule is CCn1c(SCCNC(=O)Nc2ccc(C)cc2)nc(-c2ccccc2)c1-c1ccccc1. The highest BCUT2D eigenvalue weighted by Gasteiger charge is 2.19. The second-order valence-electron chi connectivity index (χ2n) is 7.66. The number of amides is 2. The first-order valence-corrected chi connectivity index (χ1v) is 12.1. The number of hydrogen-bond donors (Lipinski definition) is 2. The predicted molar refractivity (Wildman–Crippen MR) is 138 cm³/mol. The van der Waals surface area contributed by atoms with Gasteiger partial charge in [0.25, 0.3) is 0 Å². The Balaban J connectivity index is 1.47. The number of aromatic nitrogens is 2. The topological polar surface area (TPSA) is 59.0 Å². The Bertz CT molecular complexity index is 1190. The summed E-state index contributed by atoms with van der Waals surface area (Å²) >= 11 is 1.66. The van der Waals surface area contributed by atoms with Gasteiger partial charge in [0.05, 0.1) is 11.4 Å². The van der Waals surface area contributed by atoms with Crippen LogP contribution in [0.3, 0.4) is 0 Å². The summed E-state index contributed by atoms with van der Waals surface area (Å²) in [6.07, 6.45) is 0. The van der Waals surface area contributed by atoms with Crippen LogP contribution in [0.1, 0.15) is 12.5 Å². The summed E-state index contributed by atoms with van der Waals surface area (Å²) in [5.74, 6) is 0.723. The number of nitrogens with zero attached hydrogens (tertiary/aromatic N) is 2. The molecule has 4 rings (SSSR count). The fourth-order valence-electron chi connectivity index (χ4n) is 3.64. The smallest absolute Gasteiger partial charge is 0.319 e. The summed E-state index contributed by atoms with van der Waals surface area (Å²) < 4.78 is 2.26. The third-order valence-corrected chi connectivity index (χ3v) is 6.25. The maximum Gasteiger partial charge on any atom is 0.319 e. The largest absolute Gasteiger partial charge is 0.337 e. The van der Waals surface area contributed by atoms with Crippen molar-refractivity contribution in [2.75, 3.05) is 17.6 Å². The fraction of sp³-hybridized carbons (Fsp3) is 0.185. The van der Waals surface area contributed by atoms with Crippen molar-refractivity contribution in [1.82, 2.24) is 14.9 Å². The number of thioether (sulfide) groups is 1. The van der Waals surface area contributed by atoms with Crippen LogP contribution in [0.5, 0.6) is 0 Å². The van der Waals surface area contributed by atoms with Crippen LogP contribution in [0.2, 0.25) is 0 Å². The van der Waals surface area contributed by atoms with Crippen LogP contribution in [-0.4, -0.2) is 27.9 Å². The van der Waals surface area contributed by atoms with E-state index in [0.717, 1.165) is 51.2 Å². The average Bonchev–Trinajstić information content (AvgIpc) is 3.23. The van der Waals surface area contributed by atoms with Crippen LogP contribution in [0, 0.1) is 6.92 Å². The van der Waals surface area contributed by atoms with Crippen LogP contribution in [0.15, 0.2) is 90.1 Å². The van der Waals surface area contributed by atoms with Gasteiger partial charge in [-0.05, 0) is 26.0 Å². The molecule has 0 bridgehead atoms. The van der Waals surface area contributed by atoms with Crippen molar-refractivity contribution in [1.29, 1.82) is 0 Å². The molecule has 2 amide bonds. The zero-order chi connectivity index (χ0) is 23.0. The fourth-order valence-corrected chi connectivity index (χ4v) is 4.56. The van der Waals surface area contributed by atoms with Crippen molar-refractivity contribution in [3.05, 3.63) is 90.5 Å². The van der Waals surface area contributed by atoms with E-state index in [2.05, 4.69) is 58.5 Å². The molecular weight excluding hydrogens is 428 g/mol. The van der Waals surface area contributed by atoms with Crippen LogP contribution in [0.4, 0.5) is 10.5 Å². The van der Waals surface area contributed by atoms with Gasteiger partial charge in [-0.2, -0.15) is 0 Å². The number of carbonyl (C=O) groups excluding carboxylic acids is 1. The van der Waals surface area contributed by atoms with E-state index in [4.69, 9.17) is 4.98 Å². The zero-order valence-corrected chi connectivity index (χ0v) is 19.7. The molecule has 4 aromatic rings. The van der Waals surface area contributed by atoms with E-state index >= 15 is 0 Å². The van der Waals surface area contributed by atoms with Crippen molar-refractivity contribution < 1.29 is 4.79 Å². The van der Waals surface area contributed by atoms with Gasteiger partial charge in [0.15, 0.2) is 5.16 Å². The molecule has 0 unspecified atom stereocenters. The molecule has 168 valence electrons. The summed E-state index contributed by atoms with van der Waals surface area (Å²) in [7, 11) is 0. The summed E-state index contributed by atoms with van der Waals surface area (Å²) in [5, 5.41) is 6.75. The zero-order valence-electron chi connectivity index (χ0n) is 18.9. The number of benzene rings is 3. The maximum absolute atomic E-state index is 12.2. The number of hydrogen-bond acceptors (Lipinski definition) is 3. The van der Waals surface area contributed by atoms with Crippen molar-refractivity contribution in [2.24, 2.45) is 0 Å². The number of rotatable bonds is 8. The molecule has 3 aromatic carbocycles. The molecule has 0 radical (unpaired) electrons. The van der Waals surface area contributed by atoms with Gasteiger partial charge in [0.1, 0.15) is 0 Å². The minimum absolute atomic E-state index is 0.201. The second-order valence-corrected chi connectivity index (χ2v) is 8.73. The second kappa shape index (κ2) is 10.9. The lowest BCUT2D eigenvalue weighted by molar-refractivity contribution is 0.252. The Morgan fingerprint density at radius 1 is 0.909 bits per heavy atom. The Labute approximate surface area is 199 Å². The molecule has 0 saturated heterocycles. The lowest BCUT2D eigenvalue weighted by Gasteiger charge is -2.11. The van der Waals surface area contributed by atoms with Gasteiger partial charge in [-0.25, -0.2) is 9.78 Å². The summed E-state index contributed by atoms with van der Waals surface area (Å²) in [5.41, 5.74) is 6.29. The van der Waals surface area contributed by atoms with E-state index < -0.39 is 0 Å². The number of nitrogens with one attached hydrogen (secondary N) is 2. The van der Waals surface area contributed by atoms with Gasteiger partial charge in [-0.15, -0.1) is 0 Å². The van der Waals surface area contributed by atoms with E-state index in [9.17, 15) is 4.79 Å². The molecule has 0 saturated carbocycles. The first-order chi connectivity index (χ1) is 16.2. The minimum Gasteiger partial charge on any atom is -0.337 e. The van der Waals surface area contributed by atoms with E-state index in [1.807, 2.05) is 55.5 Å². The number of carbonyl (C=O) groups is 1. The van der Waals surface area contributed by atoms with Crippen molar-refractivity contribution in [3.63, 3.8) is 0 Å². The highest BCUT2D eigenvalue weighted by molar-refractivity contribution is 7.99. The first-order valence-electron chi connectivity index (χ1n) is 11.1. The molecule has 0 aliphatic heterocycles. The number of aryl methyl sites for hydroxylation is 1. The molecule has 0 aliphatic rings. The van der Waals surface area contributed by atoms with Crippen molar-refractivity contribution in [3.8, 4) is 22.5 Å². The molecule has 2 N–H and O–H groups in total. The lowest BCUT2D eigenvalue weighted by Crippen LogP contribution is -2.30. The van der Waals surface area contributed by atoms with E-state index in [0.29, 0.717) is 6.54 Å². The minimum atomic E-state index is -0.201. The molecular formula is C27H28N4OS. The molecule has 6 heteroatoms. The standard InChI is InChI=1S/C27H28N4OS/c1-3-31-25(22-12-8-5-9-13-22)24(21-10-6-4-7-11-21)30-27(31)33-19-18-28-26(32)29-23-16-14-20(2)15-17-23/h4-17H,3,18-19H2,1-2H3,(H2,28,29,32). The average molecular weight is 457 g/mol. The van der Waals surface area contributed by atoms with Gasteiger partial charge in [0, 0.05) is 35.7 Å². The van der Waals surface area contributed by atoms with Gasteiger partial charge < -0.3 is 15.2 Å². The molecule has 33 heavy (non-hydrogen) atoms. The molecule has 0 spiro atoms. The number of urea groups is 1.